The number of carbonyl (C=O) groups excluding carboxylic acids is 2. The monoisotopic (exact) mass is 505 g/mol. The Balaban J connectivity index is 1.69. The average Bonchev–Trinajstić information content (AvgIpc) is 2.92. The van der Waals surface area contributed by atoms with Crippen LogP contribution in [-0.2, 0) is 14.3 Å². The zero-order valence-corrected chi connectivity index (χ0v) is 21.8. The number of nitriles is 1. The molecule has 1 saturated heterocycles. The first-order valence-electron chi connectivity index (χ1n) is 12.8. The molecule has 2 aliphatic rings. The van der Waals surface area contributed by atoms with Crippen LogP contribution in [0.1, 0.15) is 53.1 Å². The molecule has 37 heavy (non-hydrogen) atoms. The topological polar surface area (TPSA) is 92.1 Å². The molecule has 0 N–H and O–H groups in total. The van der Waals surface area contributed by atoms with Crippen LogP contribution >= 0.6 is 0 Å². The van der Waals surface area contributed by atoms with Gasteiger partial charge in [-0.25, -0.2) is 0 Å². The number of benzene rings is 2. The number of hydrogen-bond acceptors (Lipinski definition) is 6. The Labute approximate surface area is 218 Å². The molecule has 2 aliphatic heterocycles. The van der Waals surface area contributed by atoms with Gasteiger partial charge in [-0.2, -0.15) is 5.26 Å². The van der Waals surface area contributed by atoms with Gasteiger partial charge in [-0.1, -0.05) is 36.4 Å². The normalized spacial score (nSPS) is 25.7. The number of nitrogens with zero attached hydrogens (tertiary/aromatic N) is 3. The standard InChI is InChI=1S/C29H35N3O5/c1-31-19-26-25(35-3)13-12-23(37-26)14-15-36-28-21(17-30)10-7-11-24(28)29(34)32(2)18-22(16-27(31)33)20-8-5-4-6-9-20/h4-11,22-23,25-26H,12-16,18-19H2,1-3H3/t22-,23+,25+,26-/m1/s1. The van der Waals surface area contributed by atoms with Gasteiger partial charge in [0.1, 0.15) is 17.9 Å². The van der Waals surface area contributed by atoms with E-state index >= 15 is 0 Å². The lowest BCUT2D eigenvalue weighted by Gasteiger charge is -2.38. The van der Waals surface area contributed by atoms with Gasteiger partial charge in [-0.15, -0.1) is 0 Å². The molecule has 0 spiro atoms. The zero-order valence-electron chi connectivity index (χ0n) is 21.8. The first-order valence-corrected chi connectivity index (χ1v) is 12.8. The molecule has 0 saturated carbocycles. The highest BCUT2D eigenvalue weighted by Gasteiger charge is 2.34. The minimum atomic E-state index is -0.252. The molecule has 8 heteroatoms. The SMILES string of the molecule is CO[C@H]1CC[C@H]2CCOc3c(C#N)cccc3C(=O)N(C)C[C@H](c3ccccc3)CC(=O)N(C)C[C@H]1O2. The van der Waals surface area contributed by atoms with Crippen molar-refractivity contribution >= 4 is 11.8 Å². The van der Waals surface area contributed by atoms with Crippen molar-refractivity contribution in [2.75, 3.05) is 40.9 Å². The van der Waals surface area contributed by atoms with Gasteiger partial charge in [0.05, 0.1) is 29.9 Å². The summed E-state index contributed by atoms with van der Waals surface area (Å²) in [6.45, 7) is 1.06. The zero-order chi connectivity index (χ0) is 26.4. The van der Waals surface area contributed by atoms with E-state index in [1.54, 1.807) is 49.2 Å². The fraction of sp³-hybridized carbons (Fsp3) is 0.483. The molecule has 8 nitrogen and oxygen atoms in total. The number of rotatable bonds is 2. The van der Waals surface area contributed by atoms with Gasteiger partial charge in [-0.05, 0) is 30.5 Å². The molecule has 4 atom stereocenters. The Bertz CT molecular complexity index is 1130. The molecule has 2 aromatic carbocycles. The molecular formula is C29H35N3O5. The van der Waals surface area contributed by atoms with E-state index in [2.05, 4.69) is 6.07 Å². The van der Waals surface area contributed by atoms with Crippen molar-refractivity contribution in [2.24, 2.45) is 0 Å². The third-order valence-electron chi connectivity index (χ3n) is 7.32. The van der Waals surface area contributed by atoms with Crippen LogP contribution in [0.3, 0.4) is 0 Å². The Morgan fingerprint density at radius 1 is 0.973 bits per heavy atom. The minimum Gasteiger partial charge on any atom is -0.491 e. The van der Waals surface area contributed by atoms with E-state index in [1.807, 2.05) is 30.3 Å². The van der Waals surface area contributed by atoms with Crippen molar-refractivity contribution in [1.82, 2.24) is 9.80 Å². The van der Waals surface area contributed by atoms with Crippen LogP contribution in [-0.4, -0.2) is 80.8 Å². The van der Waals surface area contributed by atoms with E-state index in [0.717, 1.165) is 18.4 Å². The van der Waals surface area contributed by atoms with E-state index in [1.165, 1.54) is 0 Å². The number of likely N-dealkylation sites (N-methyl/N-ethyl adjacent to an activating group) is 2. The van der Waals surface area contributed by atoms with Crippen molar-refractivity contribution < 1.29 is 23.8 Å². The van der Waals surface area contributed by atoms with Crippen molar-refractivity contribution in [3.63, 3.8) is 0 Å². The van der Waals surface area contributed by atoms with Gasteiger partial charge < -0.3 is 24.0 Å². The summed E-state index contributed by atoms with van der Waals surface area (Å²) >= 11 is 0. The van der Waals surface area contributed by atoms with Crippen LogP contribution in [0, 0.1) is 11.3 Å². The van der Waals surface area contributed by atoms with Crippen molar-refractivity contribution in [2.45, 2.75) is 49.9 Å². The number of methoxy groups -OCH3 is 1. The fourth-order valence-electron chi connectivity index (χ4n) is 5.19. The van der Waals surface area contributed by atoms with Crippen molar-refractivity contribution in [1.29, 1.82) is 5.26 Å². The van der Waals surface area contributed by atoms with Gasteiger partial charge in [-0.3, -0.25) is 9.59 Å². The summed E-state index contributed by atoms with van der Waals surface area (Å²) in [6, 6.07) is 17.0. The molecule has 2 aromatic rings. The molecule has 0 aromatic heterocycles. The summed E-state index contributed by atoms with van der Waals surface area (Å²) in [5, 5.41) is 9.69. The average molecular weight is 506 g/mol. The third-order valence-corrected chi connectivity index (χ3v) is 7.32. The van der Waals surface area contributed by atoms with Crippen LogP contribution < -0.4 is 4.74 Å². The Kier molecular flexibility index (Phi) is 8.80. The van der Waals surface area contributed by atoms with E-state index in [-0.39, 0.29) is 42.5 Å². The highest BCUT2D eigenvalue weighted by atomic mass is 16.5. The molecule has 4 rings (SSSR count). The van der Waals surface area contributed by atoms with Gasteiger partial charge in [0.15, 0.2) is 0 Å². The predicted molar refractivity (Wildman–Crippen MR) is 138 cm³/mol. The second-order valence-electron chi connectivity index (χ2n) is 9.85. The van der Waals surface area contributed by atoms with Crippen molar-refractivity contribution in [3.8, 4) is 11.8 Å². The van der Waals surface area contributed by atoms with E-state index < -0.39 is 0 Å². The van der Waals surface area contributed by atoms with Crippen LogP contribution in [0.25, 0.3) is 0 Å². The summed E-state index contributed by atoms with van der Waals surface area (Å²) in [4.78, 5) is 30.3. The second kappa shape index (κ2) is 12.2. The van der Waals surface area contributed by atoms with Crippen LogP contribution in [0.4, 0.5) is 0 Å². The Morgan fingerprint density at radius 3 is 2.49 bits per heavy atom. The van der Waals surface area contributed by atoms with Crippen molar-refractivity contribution in [3.05, 3.63) is 65.2 Å². The number of amides is 2. The first kappa shape index (κ1) is 26.6. The number of fused-ring (bicyclic) bond motifs is 3. The highest BCUT2D eigenvalue weighted by molar-refractivity contribution is 5.97. The molecule has 1 fully saturated rings. The molecule has 0 aliphatic carbocycles. The van der Waals surface area contributed by atoms with Gasteiger partial charge >= 0.3 is 0 Å². The van der Waals surface area contributed by atoms with E-state index in [0.29, 0.717) is 43.0 Å². The molecule has 0 unspecified atom stereocenters. The summed E-state index contributed by atoms with van der Waals surface area (Å²) in [5.74, 6) is -0.182. The molecule has 2 amide bonds. The molecule has 196 valence electrons. The maximum atomic E-state index is 13.6. The van der Waals surface area contributed by atoms with E-state index in [9.17, 15) is 14.9 Å². The largest absolute Gasteiger partial charge is 0.491 e. The van der Waals surface area contributed by atoms with Crippen LogP contribution in [0.2, 0.25) is 0 Å². The summed E-state index contributed by atoms with van der Waals surface area (Å²) in [6.07, 6.45) is 2.07. The molecule has 0 radical (unpaired) electrons. The summed E-state index contributed by atoms with van der Waals surface area (Å²) in [5.41, 5.74) is 1.64. The lowest BCUT2D eigenvalue weighted by atomic mass is 9.93. The molecule has 2 heterocycles. The predicted octanol–water partition coefficient (Wildman–Crippen LogP) is 3.61. The lowest BCUT2D eigenvalue weighted by Crippen LogP contribution is -2.48. The first-order chi connectivity index (χ1) is 17.9. The number of hydrogen-bond donors (Lipinski definition) is 0. The molecule has 2 bridgehead atoms. The fourth-order valence-corrected chi connectivity index (χ4v) is 5.19. The van der Waals surface area contributed by atoms with Crippen LogP contribution in [0.5, 0.6) is 5.75 Å². The smallest absolute Gasteiger partial charge is 0.257 e. The van der Waals surface area contributed by atoms with E-state index in [4.69, 9.17) is 14.2 Å². The summed E-state index contributed by atoms with van der Waals surface area (Å²) in [7, 11) is 5.20. The quantitative estimate of drug-likeness (QED) is 0.619. The third kappa shape index (κ3) is 6.30. The maximum Gasteiger partial charge on any atom is 0.257 e. The van der Waals surface area contributed by atoms with Gasteiger partial charge in [0, 0.05) is 53.1 Å². The Morgan fingerprint density at radius 2 is 1.76 bits per heavy atom. The van der Waals surface area contributed by atoms with Gasteiger partial charge in [0.25, 0.3) is 5.91 Å². The second-order valence-corrected chi connectivity index (χ2v) is 9.85. The number of carbonyl (C=O) groups is 2. The molecular weight excluding hydrogens is 470 g/mol. The van der Waals surface area contributed by atoms with Crippen LogP contribution in [0.15, 0.2) is 48.5 Å². The summed E-state index contributed by atoms with van der Waals surface area (Å²) < 4.78 is 18.1. The lowest BCUT2D eigenvalue weighted by molar-refractivity contribution is -0.150. The maximum absolute atomic E-state index is 13.6. The number of para-hydroxylation sites is 1. The Hall–Kier alpha value is -3.41. The van der Waals surface area contributed by atoms with Gasteiger partial charge in [0.2, 0.25) is 5.91 Å². The highest BCUT2D eigenvalue weighted by Crippen LogP contribution is 2.30. The number of ether oxygens (including phenoxy) is 3. The minimum absolute atomic E-state index is 0.0159.